The minimum absolute atomic E-state index is 0.527. The highest BCUT2D eigenvalue weighted by atomic mass is 16.3. The number of hydrogen-bond donors (Lipinski definition) is 0. The lowest BCUT2D eigenvalue weighted by Crippen LogP contribution is -2.04. The van der Waals surface area contributed by atoms with Crippen LogP contribution in [0, 0.1) is 0 Å². The third-order valence-corrected chi connectivity index (χ3v) is 12.4. The van der Waals surface area contributed by atoms with Crippen molar-refractivity contribution in [1.29, 1.82) is 0 Å². The third-order valence-electron chi connectivity index (χ3n) is 12.4. The lowest BCUT2D eigenvalue weighted by molar-refractivity contribution is 0.669. The lowest BCUT2D eigenvalue weighted by atomic mass is 10.0. The largest absolute Gasteiger partial charge is 0.455 e. The monoisotopic (exact) mass is 790 g/mol. The standard InChI is InChI=1S/C57H34N4O/c1-2-13-35(14-3-1)39-20-12-21-42(31-39)55-58-56(43-26-25-36-15-4-5-17-38(36)32-43)60-57(59-55)52-49(30-29-47-45-23-10-11-24-51(45)62-54(47)52)61-50-34-41-19-7-6-18-40(41)33-48(50)46-28-27-37-16-8-9-22-44(37)53(46)61/h1-34H. The average Bonchev–Trinajstić information content (AvgIpc) is 3.88. The summed E-state index contributed by atoms with van der Waals surface area (Å²) >= 11 is 0. The van der Waals surface area contributed by atoms with E-state index in [1.54, 1.807) is 0 Å². The minimum atomic E-state index is 0.527. The van der Waals surface area contributed by atoms with E-state index in [1.165, 1.54) is 26.9 Å². The molecule has 5 heteroatoms. The van der Waals surface area contributed by atoms with E-state index >= 15 is 0 Å². The topological polar surface area (TPSA) is 56.7 Å². The Kier molecular flexibility index (Phi) is 7.54. The summed E-state index contributed by atoms with van der Waals surface area (Å²) < 4.78 is 9.38. The molecule has 0 aliphatic rings. The highest BCUT2D eigenvalue weighted by Gasteiger charge is 2.25. The first kappa shape index (κ1) is 34.5. The summed E-state index contributed by atoms with van der Waals surface area (Å²) in [7, 11) is 0. The summed E-state index contributed by atoms with van der Waals surface area (Å²) in [5, 5.41) is 11.3. The molecule has 13 aromatic rings. The van der Waals surface area contributed by atoms with Gasteiger partial charge in [-0.2, -0.15) is 0 Å². The fourth-order valence-corrected chi connectivity index (χ4v) is 9.44. The molecule has 0 atom stereocenters. The molecule has 0 aliphatic heterocycles. The number of para-hydroxylation sites is 1. The van der Waals surface area contributed by atoms with E-state index in [4.69, 9.17) is 19.4 Å². The second kappa shape index (κ2) is 13.6. The number of fused-ring (bicyclic) bond motifs is 10. The van der Waals surface area contributed by atoms with Crippen LogP contribution in [0.25, 0.3) is 127 Å². The predicted octanol–water partition coefficient (Wildman–Crippen LogP) is 15.0. The zero-order valence-corrected chi connectivity index (χ0v) is 33.3. The fraction of sp³-hybridized carbons (Fsp3) is 0. The Balaban J connectivity index is 1.17. The number of aromatic nitrogens is 4. The quantitative estimate of drug-likeness (QED) is 0.174. The van der Waals surface area contributed by atoms with E-state index in [0.29, 0.717) is 17.5 Å². The summed E-state index contributed by atoms with van der Waals surface area (Å²) in [6.45, 7) is 0. The third kappa shape index (κ3) is 5.38. The first-order valence-electron chi connectivity index (χ1n) is 20.9. The number of rotatable bonds is 5. The molecule has 288 valence electrons. The molecule has 0 saturated carbocycles. The highest BCUT2D eigenvalue weighted by molar-refractivity contribution is 6.21. The normalized spacial score (nSPS) is 11.9. The van der Waals surface area contributed by atoms with Crippen molar-refractivity contribution in [2.75, 3.05) is 0 Å². The van der Waals surface area contributed by atoms with Crippen molar-refractivity contribution < 1.29 is 4.42 Å². The summed E-state index contributed by atoms with van der Waals surface area (Å²) in [6, 6.07) is 72.8. The Morgan fingerprint density at radius 3 is 1.76 bits per heavy atom. The Hall–Kier alpha value is -8.41. The minimum Gasteiger partial charge on any atom is -0.455 e. The Morgan fingerprint density at radius 2 is 0.935 bits per heavy atom. The van der Waals surface area contributed by atoms with E-state index < -0.39 is 0 Å². The van der Waals surface area contributed by atoms with Crippen LogP contribution in [0.2, 0.25) is 0 Å². The van der Waals surface area contributed by atoms with Gasteiger partial charge in [0, 0.05) is 38.1 Å². The molecule has 10 aromatic carbocycles. The van der Waals surface area contributed by atoms with Crippen LogP contribution in [0.15, 0.2) is 211 Å². The lowest BCUT2D eigenvalue weighted by Gasteiger charge is -2.16. The second-order valence-corrected chi connectivity index (χ2v) is 16.0. The summed E-state index contributed by atoms with van der Waals surface area (Å²) in [6.07, 6.45) is 0. The fourth-order valence-electron chi connectivity index (χ4n) is 9.44. The van der Waals surface area contributed by atoms with E-state index in [0.717, 1.165) is 82.6 Å². The number of furan rings is 1. The molecule has 0 aliphatic carbocycles. The maximum Gasteiger partial charge on any atom is 0.170 e. The molecule has 0 bridgehead atoms. The molecule has 5 nitrogen and oxygen atoms in total. The zero-order valence-electron chi connectivity index (χ0n) is 33.3. The molecule has 0 saturated heterocycles. The van der Waals surface area contributed by atoms with Crippen LogP contribution in [0.5, 0.6) is 0 Å². The summed E-state index contributed by atoms with van der Waals surface area (Å²) in [5.41, 5.74) is 9.45. The van der Waals surface area contributed by atoms with Crippen LogP contribution in [-0.4, -0.2) is 19.5 Å². The van der Waals surface area contributed by atoms with Gasteiger partial charge in [-0.1, -0.05) is 164 Å². The summed E-state index contributed by atoms with van der Waals surface area (Å²) in [5.74, 6) is 1.69. The number of benzene rings is 10. The van der Waals surface area contributed by atoms with Crippen LogP contribution in [-0.2, 0) is 0 Å². The molecule has 0 radical (unpaired) electrons. The summed E-state index contributed by atoms with van der Waals surface area (Å²) in [4.78, 5) is 16.2. The second-order valence-electron chi connectivity index (χ2n) is 16.0. The smallest absolute Gasteiger partial charge is 0.170 e. The van der Waals surface area contributed by atoms with Gasteiger partial charge >= 0.3 is 0 Å². The van der Waals surface area contributed by atoms with E-state index in [1.807, 2.05) is 18.2 Å². The van der Waals surface area contributed by atoms with Crippen LogP contribution >= 0.6 is 0 Å². The van der Waals surface area contributed by atoms with Crippen molar-refractivity contribution in [3.05, 3.63) is 206 Å². The maximum absolute atomic E-state index is 6.97. The Bertz CT molecular complexity index is 3940. The number of hydrogen-bond acceptors (Lipinski definition) is 4. The first-order chi connectivity index (χ1) is 30.7. The Labute approximate surface area is 355 Å². The van der Waals surface area contributed by atoms with Crippen LogP contribution in [0.3, 0.4) is 0 Å². The van der Waals surface area contributed by atoms with Gasteiger partial charge in [-0.05, 0) is 80.5 Å². The zero-order chi connectivity index (χ0) is 40.7. The molecule has 0 unspecified atom stereocenters. The van der Waals surface area contributed by atoms with Crippen molar-refractivity contribution >= 4 is 76.1 Å². The highest BCUT2D eigenvalue weighted by Crippen LogP contribution is 2.45. The first-order valence-corrected chi connectivity index (χ1v) is 20.9. The molecule has 3 heterocycles. The molecule has 62 heavy (non-hydrogen) atoms. The SMILES string of the molecule is c1ccc(-c2cccc(-c3nc(-c4ccc5ccccc5c4)nc(-c4c(-n5c6cc7ccccc7cc6c6ccc7ccccc7c65)ccc5c4oc4ccccc45)n3)c2)cc1. The van der Waals surface area contributed by atoms with Gasteiger partial charge in [0.2, 0.25) is 0 Å². The van der Waals surface area contributed by atoms with Gasteiger partial charge in [0.05, 0.1) is 22.3 Å². The van der Waals surface area contributed by atoms with Crippen molar-refractivity contribution in [3.8, 4) is 51.0 Å². The molecule has 3 aromatic heterocycles. The molecule has 0 fully saturated rings. The molecular formula is C57H34N4O. The molecule has 0 N–H and O–H groups in total. The van der Waals surface area contributed by atoms with Crippen molar-refractivity contribution in [2.24, 2.45) is 0 Å². The van der Waals surface area contributed by atoms with Crippen LogP contribution < -0.4 is 0 Å². The van der Waals surface area contributed by atoms with Crippen LogP contribution in [0.4, 0.5) is 0 Å². The van der Waals surface area contributed by atoms with Gasteiger partial charge in [0.15, 0.2) is 17.5 Å². The maximum atomic E-state index is 6.97. The predicted molar refractivity (Wildman–Crippen MR) is 256 cm³/mol. The van der Waals surface area contributed by atoms with Crippen molar-refractivity contribution in [3.63, 3.8) is 0 Å². The molecule has 13 rings (SSSR count). The Morgan fingerprint density at radius 1 is 0.339 bits per heavy atom. The van der Waals surface area contributed by atoms with Crippen molar-refractivity contribution in [1.82, 2.24) is 19.5 Å². The van der Waals surface area contributed by atoms with E-state index in [-0.39, 0.29) is 0 Å². The average molecular weight is 791 g/mol. The van der Waals surface area contributed by atoms with Crippen molar-refractivity contribution in [2.45, 2.75) is 0 Å². The molecular weight excluding hydrogens is 757 g/mol. The van der Waals surface area contributed by atoms with Gasteiger partial charge in [-0.15, -0.1) is 0 Å². The van der Waals surface area contributed by atoms with E-state index in [9.17, 15) is 0 Å². The van der Waals surface area contributed by atoms with Gasteiger partial charge in [-0.3, -0.25) is 0 Å². The van der Waals surface area contributed by atoms with Gasteiger partial charge in [0.25, 0.3) is 0 Å². The van der Waals surface area contributed by atoms with Crippen LogP contribution in [0.1, 0.15) is 0 Å². The number of nitrogens with zero attached hydrogens (tertiary/aromatic N) is 4. The molecule has 0 spiro atoms. The molecule has 0 amide bonds. The van der Waals surface area contributed by atoms with Gasteiger partial charge in [-0.25, -0.2) is 15.0 Å². The van der Waals surface area contributed by atoms with E-state index in [2.05, 4.69) is 193 Å². The van der Waals surface area contributed by atoms with Gasteiger partial charge in [0.1, 0.15) is 11.2 Å². The van der Waals surface area contributed by atoms with Gasteiger partial charge < -0.3 is 8.98 Å².